The molecule has 2 unspecified atom stereocenters. The Morgan fingerprint density at radius 3 is 3.12 bits per heavy atom. The van der Waals surface area contributed by atoms with Crippen LogP contribution in [-0.4, -0.2) is 27.8 Å². The molecule has 0 radical (unpaired) electrons. The second-order valence-electron chi connectivity index (χ2n) is 4.42. The van der Waals surface area contributed by atoms with Crippen molar-refractivity contribution in [2.45, 2.75) is 44.0 Å². The molecule has 96 valence electrons. The Labute approximate surface area is 112 Å². The summed E-state index contributed by atoms with van der Waals surface area (Å²) in [6.07, 6.45) is 5.44. The Morgan fingerprint density at radius 2 is 2.53 bits per heavy atom. The van der Waals surface area contributed by atoms with Gasteiger partial charge in [-0.25, -0.2) is 0 Å². The Balaban J connectivity index is 2.25. The summed E-state index contributed by atoms with van der Waals surface area (Å²) in [4.78, 5) is 0. The number of aryl methyl sites for hydroxylation is 1. The Hall–Kier alpha value is -0.190. The number of hydrogen-bond acceptors (Lipinski definition) is 3. The van der Waals surface area contributed by atoms with Crippen molar-refractivity contribution in [3.8, 4) is 0 Å². The Kier molecular flexibility index (Phi) is 4.77. The van der Waals surface area contributed by atoms with Gasteiger partial charge in [0, 0.05) is 11.8 Å². The molecule has 1 aliphatic heterocycles. The Morgan fingerprint density at radius 1 is 1.71 bits per heavy atom. The molecular weight excluding hydrogens is 254 g/mol. The molecule has 1 aromatic heterocycles. The van der Waals surface area contributed by atoms with Gasteiger partial charge < -0.3 is 5.32 Å². The predicted octanol–water partition coefficient (Wildman–Crippen LogP) is 3.10. The highest BCUT2D eigenvalue weighted by Gasteiger charge is 2.29. The zero-order chi connectivity index (χ0) is 12.3. The van der Waals surface area contributed by atoms with Crippen LogP contribution >= 0.6 is 23.4 Å². The lowest BCUT2D eigenvalue weighted by atomic mass is 10.1. The topological polar surface area (TPSA) is 29.9 Å². The van der Waals surface area contributed by atoms with Crippen LogP contribution in [0.15, 0.2) is 6.20 Å². The molecule has 2 atom stereocenters. The number of thioether (sulfide) groups is 1. The molecule has 0 bridgehead atoms. The lowest BCUT2D eigenvalue weighted by Gasteiger charge is -2.23. The van der Waals surface area contributed by atoms with Crippen molar-refractivity contribution in [2.24, 2.45) is 0 Å². The predicted molar refractivity (Wildman–Crippen MR) is 74.8 cm³/mol. The summed E-state index contributed by atoms with van der Waals surface area (Å²) in [6, 6.07) is 0.323. The van der Waals surface area contributed by atoms with Crippen LogP contribution in [-0.2, 0) is 6.54 Å². The number of nitrogens with zero attached hydrogens (tertiary/aromatic N) is 2. The minimum atomic E-state index is 0.323. The van der Waals surface area contributed by atoms with Gasteiger partial charge in [0.1, 0.15) is 0 Å². The van der Waals surface area contributed by atoms with Crippen LogP contribution in [0.3, 0.4) is 0 Å². The molecule has 1 saturated heterocycles. The van der Waals surface area contributed by atoms with Crippen molar-refractivity contribution in [1.29, 1.82) is 0 Å². The number of aromatic nitrogens is 2. The number of hydrogen-bond donors (Lipinski definition) is 1. The summed E-state index contributed by atoms with van der Waals surface area (Å²) in [5.74, 6) is 1.27. The van der Waals surface area contributed by atoms with Gasteiger partial charge in [0.05, 0.1) is 23.0 Å². The SMILES string of the molecule is CCCn1ncc(Cl)c1C(NC)C1CCCS1. The largest absolute Gasteiger partial charge is 0.311 e. The van der Waals surface area contributed by atoms with E-state index in [4.69, 9.17) is 11.6 Å². The van der Waals surface area contributed by atoms with Crippen molar-refractivity contribution >= 4 is 23.4 Å². The van der Waals surface area contributed by atoms with E-state index in [-0.39, 0.29) is 0 Å². The summed E-state index contributed by atoms with van der Waals surface area (Å²) in [5.41, 5.74) is 1.16. The van der Waals surface area contributed by atoms with Gasteiger partial charge in [-0.3, -0.25) is 4.68 Å². The van der Waals surface area contributed by atoms with Crippen LogP contribution in [0.25, 0.3) is 0 Å². The van der Waals surface area contributed by atoms with E-state index in [0.717, 1.165) is 23.7 Å². The lowest BCUT2D eigenvalue weighted by molar-refractivity contribution is 0.480. The maximum absolute atomic E-state index is 6.30. The van der Waals surface area contributed by atoms with E-state index < -0.39 is 0 Å². The fraction of sp³-hybridized carbons (Fsp3) is 0.750. The molecular formula is C12H20ClN3S. The minimum absolute atomic E-state index is 0.323. The molecule has 2 heterocycles. The summed E-state index contributed by atoms with van der Waals surface area (Å²) in [7, 11) is 2.02. The third-order valence-electron chi connectivity index (χ3n) is 3.21. The van der Waals surface area contributed by atoms with E-state index >= 15 is 0 Å². The third kappa shape index (κ3) is 2.80. The fourth-order valence-electron chi connectivity index (χ4n) is 2.44. The molecule has 1 fully saturated rings. The molecule has 0 spiro atoms. The van der Waals surface area contributed by atoms with Gasteiger partial charge in [-0.1, -0.05) is 18.5 Å². The summed E-state index contributed by atoms with van der Waals surface area (Å²) in [6.45, 7) is 3.11. The molecule has 5 heteroatoms. The van der Waals surface area contributed by atoms with Gasteiger partial charge in [-0.2, -0.15) is 16.9 Å². The smallest absolute Gasteiger partial charge is 0.0834 e. The van der Waals surface area contributed by atoms with E-state index in [0.29, 0.717) is 11.3 Å². The van der Waals surface area contributed by atoms with Crippen molar-refractivity contribution < 1.29 is 0 Å². The first-order chi connectivity index (χ1) is 8.27. The van der Waals surface area contributed by atoms with Crippen LogP contribution in [0.2, 0.25) is 5.02 Å². The lowest BCUT2D eigenvalue weighted by Crippen LogP contribution is -2.28. The molecule has 1 aromatic rings. The highest BCUT2D eigenvalue weighted by atomic mass is 35.5. The first kappa shape index (κ1) is 13.2. The summed E-state index contributed by atoms with van der Waals surface area (Å²) >= 11 is 8.35. The minimum Gasteiger partial charge on any atom is -0.311 e. The zero-order valence-corrected chi connectivity index (χ0v) is 12.0. The molecule has 2 rings (SSSR count). The van der Waals surface area contributed by atoms with Crippen molar-refractivity contribution in [2.75, 3.05) is 12.8 Å². The molecule has 3 nitrogen and oxygen atoms in total. The second kappa shape index (κ2) is 6.12. The van der Waals surface area contributed by atoms with Crippen LogP contribution < -0.4 is 5.32 Å². The quantitative estimate of drug-likeness (QED) is 0.894. The standard InChI is InChI=1S/C12H20ClN3S/c1-3-6-16-12(9(13)8-15-16)11(14-2)10-5-4-7-17-10/h8,10-11,14H,3-7H2,1-2H3. The van der Waals surface area contributed by atoms with Gasteiger partial charge in [-0.05, 0) is 32.1 Å². The number of rotatable bonds is 5. The summed E-state index contributed by atoms with van der Waals surface area (Å²) in [5, 5.41) is 9.23. The molecule has 0 amide bonds. The highest BCUT2D eigenvalue weighted by Crippen LogP contribution is 2.38. The number of halogens is 1. The maximum Gasteiger partial charge on any atom is 0.0834 e. The van der Waals surface area contributed by atoms with Gasteiger partial charge >= 0.3 is 0 Å². The maximum atomic E-state index is 6.30. The van der Waals surface area contributed by atoms with E-state index in [1.54, 1.807) is 6.20 Å². The van der Waals surface area contributed by atoms with E-state index in [9.17, 15) is 0 Å². The highest BCUT2D eigenvalue weighted by molar-refractivity contribution is 8.00. The van der Waals surface area contributed by atoms with Crippen molar-refractivity contribution in [1.82, 2.24) is 15.1 Å². The Bertz CT molecular complexity index is 361. The van der Waals surface area contributed by atoms with Crippen molar-refractivity contribution in [3.63, 3.8) is 0 Å². The summed E-state index contributed by atoms with van der Waals surface area (Å²) < 4.78 is 2.06. The second-order valence-corrected chi connectivity index (χ2v) is 6.17. The molecule has 0 aliphatic carbocycles. The van der Waals surface area contributed by atoms with E-state index in [2.05, 4.69) is 22.0 Å². The van der Waals surface area contributed by atoms with Crippen LogP contribution in [0.5, 0.6) is 0 Å². The van der Waals surface area contributed by atoms with Crippen LogP contribution in [0.1, 0.15) is 37.9 Å². The van der Waals surface area contributed by atoms with E-state index in [1.165, 1.54) is 18.6 Å². The van der Waals surface area contributed by atoms with Crippen LogP contribution in [0.4, 0.5) is 0 Å². The zero-order valence-electron chi connectivity index (χ0n) is 10.4. The molecule has 17 heavy (non-hydrogen) atoms. The monoisotopic (exact) mass is 273 g/mol. The van der Waals surface area contributed by atoms with E-state index in [1.807, 2.05) is 18.8 Å². The normalized spacial score (nSPS) is 21.9. The molecule has 0 saturated carbocycles. The molecule has 1 N–H and O–H groups in total. The number of nitrogens with one attached hydrogen (secondary N) is 1. The van der Waals surface area contributed by atoms with Crippen LogP contribution in [0, 0.1) is 0 Å². The van der Waals surface area contributed by atoms with Gasteiger partial charge in [-0.15, -0.1) is 0 Å². The molecule has 1 aliphatic rings. The average molecular weight is 274 g/mol. The van der Waals surface area contributed by atoms with Gasteiger partial charge in [0.25, 0.3) is 0 Å². The average Bonchev–Trinajstić information content (AvgIpc) is 2.94. The van der Waals surface area contributed by atoms with Gasteiger partial charge in [0.15, 0.2) is 0 Å². The van der Waals surface area contributed by atoms with Gasteiger partial charge in [0.2, 0.25) is 0 Å². The first-order valence-electron chi connectivity index (χ1n) is 6.28. The van der Waals surface area contributed by atoms with Crippen molar-refractivity contribution in [3.05, 3.63) is 16.9 Å². The third-order valence-corrected chi connectivity index (χ3v) is 4.96. The first-order valence-corrected chi connectivity index (χ1v) is 7.70. The molecule has 0 aromatic carbocycles. The fourth-order valence-corrected chi connectivity index (χ4v) is 4.12.